The van der Waals surface area contributed by atoms with Crippen molar-refractivity contribution in [3.05, 3.63) is 0 Å². The summed E-state index contributed by atoms with van der Waals surface area (Å²) >= 11 is 0. The van der Waals surface area contributed by atoms with Gasteiger partial charge in [-0.3, -0.25) is 0 Å². The minimum absolute atomic E-state index is 0.0231. The molecule has 0 amide bonds. The Kier molecular flexibility index (Phi) is 4.72. The quantitative estimate of drug-likeness (QED) is 0.619. The summed E-state index contributed by atoms with van der Waals surface area (Å²) in [5, 5.41) is 8.70. The molecule has 0 saturated carbocycles. The molecule has 0 aromatic heterocycles. The highest BCUT2D eigenvalue weighted by atomic mass is 16.5. The van der Waals surface area contributed by atoms with E-state index in [0.29, 0.717) is 12.5 Å². The molecule has 1 N–H and O–H groups in total. The van der Waals surface area contributed by atoms with E-state index in [4.69, 9.17) is 9.84 Å². The first kappa shape index (κ1) is 8.92. The fourth-order valence-corrected chi connectivity index (χ4v) is 0.670. The van der Waals surface area contributed by atoms with E-state index in [1.54, 1.807) is 0 Å². The predicted octanol–water partition coefficient (Wildman–Crippen LogP) is 1.04. The van der Waals surface area contributed by atoms with Gasteiger partial charge in [0.25, 0.3) is 0 Å². The lowest BCUT2D eigenvalue weighted by Gasteiger charge is -2.17. The molecular weight excluding hydrogens is 116 g/mol. The van der Waals surface area contributed by atoms with E-state index >= 15 is 0 Å². The van der Waals surface area contributed by atoms with Gasteiger partial charge in [-0.15, -0.1) is 0 Å². The Balaban J connectivity index is 3.41. The summed E-state index contributed by atoms with van der Waals surface area (Å²) in [6.45, 7) is 6.83. The number of aliphatic hydroxyl groups excluding tert-OH is 1. The third-order valence-corrected chi connectivity index (χ3v) is 1.30. The highest BCUT2D eigenvalue weighted by Gasteiger charge is 2.10. The van der Waals surface area contributed by atoms with Gasteiger partial charge in [-0.1, -0.05) is 13.8 Å². The van der Waals surface area contributed by atoms with Crippen LogP contribution in [0.5, 0.6) is 0 Å². The van der Waals surface area contributed by atoms with E-state index in [-0.39, 0.29) is 12.7 Å². The summed E-state index contributed by atoms with van der Waals surface area (Å²) in [5.74, 6) is 0.412. The highest BCUT2D eigenvalue weighted by Crippen LogP contribution is 2.04. The maximum Gasteiger partial charge on any atom is 0.0828 e. The topological polar surface area (TPSA) is 29.5 Å². The van der Waals surface area contributed by atoms with Crippen molar-refractivity contribution in [2.24, 2.45) is 5.92 Å². The first-order valence-electron chi connectivity index (χ1n) is 3.44. The van der Waals surface area contributed by atoms with Crippen LogP contribution in [0.3, 0.4) is 0 Å². The summed E-state index contributed by atoms with van der Waals surface area (Å²) in [6.07, 6.45) is 0.0231. The zero-order chi connectivity index (χ0) is 7.28. The predicted molar refractivity (Wildman–Crippen MR) is 37.3 cm³/mol. The van der Waals surface area contributed by atoms with Gasteiger partial charge in [0.05, 0.1) is 12.7 Å². The molecule has 0 spiro atoms. The molecule has 0 saturated heterocycles. The van der Waals surface area contributed by atoms with Gasteiger partial charge in [0.15, 0.2) is 0 Å². The summed E-state index contributed by atoms with van der Waals surface area (Å²) in [5.41, 5.74) is 0. The van der Waals surface area contributed by atoms with Crippen molar-refractivity contribution < 1.29 is 9.84 Å². The van der Waals surface area contributed by atoms with Crippen molar-refractivity contribution in [2.75, 3.05) is 13.2 Å². The maximum atomic E-state index is 8.70. The minimum atomic E-state index is 0.0231. The molecule has 0 unspecified atom stereocenters. The Morgan fingerprint density at radius 1 is 1.44 bits per heavy atom. The molecule has 0 aliphatic rings. The molecule has 0 aromatic rings. The highest BCUT2D eigenvalue weighted by molar-refractivity contribution is 4.58. The number of aliphatic hydroxyl groups is 1. The Labute approximate surface area is 56.8 Å². The fourth-order valence-electron chi connectivity index (χ4n) is 0.670. The van der Waals surface area contributed by atoms with Crippen molar-refractivity contribution >= 4 is 0 Å². The van der Waals surface area contributed by atoms with E-state index < -0.39 is 0 Å². The zero-order valence-corrected chi connectivity index (χ0v) is 6.42. The van der Waals surface area contributed by atoms with Crippen LogP contribution in [0.2, 0.25) is 0 Å². The van der Waals surface area contributed by atoms with Crippen LogP contribution in [0, 0.1) is 5.92 Å². The van der Waals surface area contributed by atoms with Crippen LogP contribution < -0.4 is 0 Å². The van der Waals surface area contributed by atoms with Gasteiger partial charge >= 0.3 is 0 Å². The first-order valence-corrected chi connectivity index (χ1v) is 3.44. The van der Waals surface area contributed by atoms with Gasteiger partial charge in [-0.2, -0.15) is 0 Å². The second-order valence-electron chi connectivity index (χ2n) is 2.42. The molecule has 0 aliphatic heterocycles. The van der Waals surface area contributed by atoms with Crippen molar-refractivity contribution in [1.82, 2.24) is 0 Å². The van der Waals surface area contributed by atoms with Crippen molar-refractivity contribution in [1.29, 1.82) is 0 Å². The third-order valence-electron chi connectivity index (χ3n) is 1.30. The Morgan fingerprint density at radius 3 is 2.11 bits per heavy atom. The maximum absolute atomic E-state index is 8.70. The van der Waals surface area contributed by atoms with Gasteiger partial charge in [0.1, 0.15) is 0 Å². The second-order valence-corrected chi connectivity index (χ2v) is 2.42. The van der Waals surface area contributed by atoms with Gasteiger partial charge < -0.3 is 9.84 Å². The van der Waals surface area contributed by atoms with Gasteiger partial charge in [-0.05, 0) is 12.8 Å². The Morgan fingerprint density at radius 2 is 2.00 bits per heavy atom. The fraction of sp³-hybridized carbons (Fsp3) is 1.00. The van der Waals surface area contributed by atoms with Gasteiger partial charge in [0, 0.05) is 6.61 Å². The average Bonchev–Trinajstić information content (AvgIpc) is 1.82. The molecule has 0 aliphatic carbocycles. The smallest absolute Gasteiger partial charge is 0.0828 e. The van der Waals surface area contributed by atoms with Crippen LogP contribution in [0.15, 0.2) is 0 Å². The minimum Gasteiger partial charge on any atom is -0.394 e. The van der Waals surface area contributed by atoms with E-state index in [2.05, 4.69) is 0 Å². The first-order chi connectivity index (χ1) is 4.22. The number of ether oxygens (including phenoxy) is 1. The third kappa shape index (κ3) is 3.49. The molecule has 0 aromatic carbocycles. The molecular formula is C7H16O2. The molecule has 56 valence electrons. The van der Waals surface area contributed by atoms with Crippen molar-refractivity contribution in [3.63, 3.8) is 0 Å². The van der Waals surface area contributed by atoms with Crippen LogP contribution in [0.1, 0.15) is 20.8 Å². The normalized spacial score (nSPS) is 14.3. The van der Waals surface area contributed by atoms with E-state index in [0.717, 1.165) is 0 Å². The molecule has 0 fully saturated rings. The summed E-state index contributed by atoms with van der Waals surface area (Å²) in [6, 6.07) is 0. The molecule has 0 radical (unpaired) electrons. The lowest BCUT2D eigenvalue weighted by Crippen LogP contribution is -2.23. The van der Waals surface area contributed by atoms with Crippen LogP contribution >= 0.6 is 0 Å². The van der Waals surface area contributed by atoms with E-state index in [9.17, 15) is 0 Å². The standard InChI is InChI=1S/C7H16O2/c1-4-9-7(5-8)6(2)3/h6-8H,4-5H2,1-3H3/t7-/m0/s1. The number of hydrogen-bond acceptors (Lipinski definition) is 2. The van der Waals surface area contributed by atoms with E-state index in [1.807, 2.05) is 20.8 Å². The van der Waals surface area contributed by atoms with Crippen molar-refractivity contribution in [3.8, 4) is 0 Å². The molecule has 0 rings (SSSR count). The molecule has 2 nitrogen and oxygen atoms in total. The second kappa shape index (κ2) is 4.77. The Hall–Kier alpha value is -0.0800. The summed E-state index contributed by atoms with van der Waals surface area (Å²) < 4.78 is 5.20. The largest absolute Gasteiger partial charge is 0.394 e. The van der Waals surface area contributed by atoms with E-state index in [1.165, 1.54) is 0 Å². The average molecular weight is 132 g/mol. The SMILES string of the molecule is CCO[C@@H](CO)C(C)C. The molecule has 0 bridgehead atoms. The summed E-state index contributed by atoms with van der Waals surface area (Å²) in [7, 11) is 0. The van der Waals surface area contributed by atoms with Gasteiger partial charge in [-0.25, -0.2) is 0 Å². The lowest BCUT2D eigenvalue weighted by molar-refractivity contribution is -0.00792. The van der Waals surface area contributed by atoms with Crippen LogP contribution in [-0.2, 0) is 4.74 Å². The molecule has 1 atom stereocenters. The summed E-state index contributed by atoms with van der Waals surface area (Å²) in [4.78, 5) is 0. The molecule has 9 heavy (non-hydrogen) atoms. The number of hydrogen-bond donors (Lipinski definition) is 1. The molecule has 0 heterocycles. The van der Waals surface area contributed by atoms with Crippen LogP contribution in [0.4, 0.5) is 0 Å². The van der Waals surface area contributed by atoms with Gasteiger partial charge in [0.2, 0.25) is 0 Å². The molecule has 2 heteroatoms. The lowest BCUT2D eigenvalue weighted by atomic mass is 10.1. The van der Waals surface area contributed by atoms with Crippen LogP contribution in [0.25, 0.3) is 0 Å². The zero-order valence-electron chi connectivity index (χ0n) is 6.42. The van der Waals surface area contributed by atoms with Crippen molar-refractivity contribution in [2.45, 2.75) is 26.9 Å². The Bertz CT molecular complexity index is 61.9. The number of rotatable bonds is 4. The van der Waals surface area contributed by atoms with Crippen LogP contribution in [-0.4, -0.2) is 24.4 Å². The monoisotopic (exact) mass is 132 g/mol.